The molecule has 1 aliphatic rings. The van der Waals surface area contributed by atoms with Crippen molar-refractivity contribution in [2.24, 2.45) is 5.41 Å². The smallest absolute Gasteiger partial charge is 0.235 e. The Morgan fingerprint density at radius 1 is 1.36 bits per heavy atom. The fraction of sp³-hybridized carbons (Fsp3) is 0.294. The molecule has 128 valence electrons. The average molecular weight is 338 g/mol. The summed E-state index contributed by atoms with van der Waals surface area (Å²) >= 11 is 0. The van der Waals surface area contributed by atoms with E-state index in [0.29, 0.717) is 24.7 Å². The highest BCUT2D eigenvalue weighted by atomic mass is 16.5. The van der Waals surface area contributed by atoms with Gasteiger partial charge in [-0.15, -0.1) is 0 Å². The Labute approximate surface area is 144 Å². The number of carbonyl (C=O) groups is 1. The van der Waals surface area contributed by atoms with Gasteiger partial charge in [0.25, 0.3) is 0 Å². The molecular weight excluding hydrogens is 320 g/mol. The van der Waals surface area contributed by atoms with Crippen molar-refractivity contribution < 1.29 is 9.53 Å². The fourth-order valence-electron chi connectivity index (χ4n) is 2.75. The van der Waals surface area contributed by atoms with Crippen LogP contribution in [0.5, 0.6) is 0 Å². The zero-order valence-electron chi connectivity index (χ0n) is 14.0. The first-order valence-electron chi connectivity index (χ1n) is 7.93. The third-order valence-electron chi connectivity index (χ3n) is 4.35. The highest BCUT2D eigenvalue weighted by Gasteiger charge is 2.41. The zero-order chi connectivity index (χ0) is 17.6. The van der Waals surface area contributed by atoms with Crippen molar-refractivity contribution in [1.82, 2.24) is 19.7 Å². The quantitative estimate of drug-likeness (QED) is 0.752. The number of aromatic nitrogens is 4. The van der Waals surface area contributed by atoms with Crippen LogP contribution in [0, 0.1) is 12.3 Å². The van der Waals surface area contributed by atoms with Gasteiger partial charge in [0.2, 0.25) is 11.9 Å². The number of fused-ring (bicyclic) bond motifs is 1. The average Bonchev–Trinajstić information content (AvgIpc) is 2.97. The van der Waals surface area contributed by atoms with Crippen LogP contribution in [-0.2, 0) is 9.53 Å². The molecule has 1 aliphatic heterocycles. The fourth-order valence-corrected chi connectivity index (χ4v) is 2.75. The second-order valence-electron chi connectivity index (χ2n) is 6.59. The number of nitrogens with two attached hydrogens (primary N) is 1. The second kappa shape index (κ2) is 5.52. The number of benzene rings is 1. The van der Waals surface area contributed by atoms with E-state index in [-0.39, 0.29) is 11.9 Å². The number of nitrogen functional groups attached to an aromatic ring is 1. The molecule has 0 spiro atoms. The van der Waals surface area contributed by atoms with E-state index in [1.54, 1.807) is 10.9 Å². The van der Waals surface area contributed by atoms with Gasteiger partial charge in [0, 0.05) is 5.39 Å². The van der Waals surface area contributed by atoms with Crippen LogP contribution in [0.15, 0.2) is 30.6 Å². The summed E-state index contributed by atoms with van der Waals surface area (Å²) in [7, 11) is 0. The normalized spacial score (nSPS) is 15.8. The molecule has 0 saturated carbocycles. The molecule has 1 fully saturated rings. The molecule has 0 aliphatic carbocycles. The Morgan fingerprint density at radius 3 is 2.88 bits per heavy atom. The molecular formula is C17H18N6O2. The van der Waals surface area contributed by atoms with Crippen molar-refractivity contribution in [3.63, 3.8) is 0 Å². The van der Waals surface area contributed by atoms with Crippen LogP contribution in [0.25, 0.3) is 16.7 Å². The summed E-state index contributed by atoms with van der Waals surface area (Å²) in [5.74, 6) is 0.411. The van der Waals surface area contributed by atoms with Crippen LogP contribution < -0.4 is 11.1 Å². The van der Waals surface area contributed by atoms with E-state index in [1.165, 1.54) is 6.20 Å². The molecule has 2 aromatic heterocycles. The van der Waals surface area contributed by atoms with E-state index < -0.39 is 5.41 Å². The van der Waals surface area contributed by atoms with Gasteiger partial charge >= 0.3 is 0 Å². The van der Waals surface area contributed by atoms with Crippen LogP contribution in [0.1, 0.15) is 12.5 Å². The number of ether oxygens (including phenoxy) is 1. The number of hydrogen-bond donors (Lipinski definition) is 2. The highest BCUT2D eigenvalue weighted by Crippen LogP contribution is 2.30. The Balaban J connectivity index is 1.79. The summed E-state index contributed by atoms with van der Waals surface area (Å²) < 4.78 is 6.82. The van der Waals surface area contributed by atoms with Gasteiger partial charge in [-0.05, 0) is 25.5 Å². The maximum atomic E-state index is 12.5. The minimum Gasteiger partial charge on any atom is -0.379 e. The lowest BCUT2D eigenvalue weighted by Gasteiger charge is -2.36. The molecule has 8 heteroatoms. The van der Waals surface area contributed by atoms with E-state index in [9.17, 15) is 4.79 Å². The van der Waals surface area contributed by atoms with Crippen molar-refractivity contribution in [2.45, 2.75) is 13.8 Å². The van der Waals surface area contributed by atoms with Gasteiger partial charge in [-0.25, -0.2) is 9.67 Å². The Morgan fingerprint density at radius 2 is 2.16 bits per heavy atom. The molecule has 25 heavy (non-hydrogen) atoms. The molecule has 0 atom stereocenters. The molecule has 3 aromatic rings. The van der Waals surface area contributed by atoms with Gasteiger partial charge in [0.15, 0.2) is 5.82 Å². The predicted molar refractivity (Wildman–Crippen MR) is 93.4 cm³/mol. The number of rotatable bonds is 3. The summed E-state index contributed by atoms with van der Waals surface area (Å²) in [6, 6.07) is 6.01. The number of aryl methyl sites for hydroxylation is 1. The van der Waals surface area contributed by atoms with Crippen molar-refractivity contribution in [2.75, 3.05) is 24.3 Å². The Bertz CT molecular complexity index is 976. The molecule has 0 bridgehead atoms. The number of amides is 1. The van der Waals surface area contributed by atoms with Crippen LogP contribution in [0.3, 0.4) is 0 Å². The summed E-state index contributed by atoms with van der Waals surface area (Å²) in [5, 5.41) is 8.27. The lowest BCUT2D eigenvalue weighted by atomic mass is 9.87. The summed E-state index contributed by atoms with van der Waals surface area (Å²) in [4.78, 5) is 20.8. The van der Waals surface area contributed by atoms with E-state index >= 15 is 0 Å². The summed E-state index contributed by atoms with van der Waals surface area (Å²) in [6.45, 7) is 4.66. The van der Waals surface area contributed by atoms with E-state index in [2.05, 4.69) is 20.4 Å². The van der Waals surface area contributed by atoms with E-state index in [1.807, 2.05) is 32.0 Å². The maximum absolute atomic E-state index is 12.5. The number of hydrogen-bond acceptors (Lipinski definition) is 6. The minimum absolute atomic E-state index is 0.113. The van der Waals surface area contributed by atoms with Crippen LogP contribution >= 0.6 is 0 Å². The first-order chi connectivity index (χ1) is 12.0. The first-order valence-corrected chi connectivity index (χ1v) is 7.93. The van der Waals surface area contributed by atoms with Crippen LogP contribution in [-0.4, -0.2) is 38.9 Å². The van der Waals surface area contributed by atoms with Crippen LogP contribution in [0.4, 0.5) is 11.6 Å². The predicted octanol–water partition coefficient (Wildman–Crippen LogP) is 1.68. The molecule has 0 radical (unpaired) electrons. The molecule has 3 heterocycles. The first kappa shape index (κ1) is 15.5. The van der Waals surface area contributed by atoms with Crippen molar-refractivity contribution in [1.29, 1.82) is 0 Å². The van der Waals surface area contributed by atoms with Crippen LogP contribution in [0.2, 0.25) is 0 Å². The summed E-state index contributed by atoms with van der Waals surface area (Å²) in [6.07, 6.45) is 3.25. The molecule has 1 amide bonds. The Kier molecular flexibility index (Phi) is 3.43. The number of anilines is 2. The molecule has 8 nitrogen and oxygen atoms in total. The van der Waals surface area contributed by atoms with Gasteiger partial charge in [0.05, 0.1) is 36.5 Å². The largest absolute Gasteiger partial charge is 0.379 e. The van der Waals surface area contributed by atoms with E-state index in [0.717, 1.165) is 16.5 Å². The van der Waals surface area contributed by atoms with Gasteiger partial charge < -0.3 is 15.8 Å². The molecule has 4 rings (SSSR count). The molecule has 1 aromatic carbocycles. The van der Waals surface area contributed by atoms with Gasteiger partial charge in [0.1, 0.15) is 5.69 Å². The second-order valence-corrected chi connectivity index (χ2v) is 6.59. The topological polar surface area (TPSA) is 108 Å². The monoisotopic (exact) mass is 338 g/mol. The Hall–Kier alpha value is -3.00. The van der Waals surface area contributed by atoms with Gasteiger partial charge in [-0.3, -0.25) is 4.79 Å². The third-order valence-corrected chi connectivity index (χ3v) is 4.35. The SMILES string of the molecule is Cc1ccc2cnn(-c3nc(N)ncc3NC(=O)C3(C)COC3)c2c1. The summed E-state index contributed by atoms with van der Waals surface area (Å²) in [5.41, 5.74) is 7.66. The van der Waals surface area contributed by atoms with Crippen molar-refractivity contribution in [3.05, 3.63) is 36.2 Å². The molecule has 1 saturated heterocycles. The number of carbonyl (C=O) groups excluding carboxylic acids is 1. The standard InChI is InChI=1S/C17H18N6O2/c1-10-3-4-11-6-20-23(13(11)5-10)14-12(7-19-16(18)22-14)21-15(24)17(2)8-25-9-17/h3-7H,8-9H2,1-2H3,(H,21,24)(H2,18,19,22). The van der Waals surface area contributed by atoms with Gasteiger partial charge in [-0.2, -0.15) is 10.1 Å². The lowest BCUT2D eigenvalue weighted by molar-refractivity contribution is -0.151. The molecule has 3 N–H and O–H groups in total. The van der Waals surface area contributed by atoms with E-state index in [4.69, 9.17) is 10.5 Å². The number of nitrogens with one attached hydrogen (secondary N) is 1. The van der Waals surface area contributed by atoms with Crippen molar-refractivity contribution in [3.8, 4) is 5.82 Å². The molecule has 0 unspecified atom stereocenters. The minimum atomic E-state index is -0.540. The lowest BCUT2D eigenvalue weighted by Crippen LogP contribution is -2.49. The maximum Gasteiger partial charge on any atom is 0.235 e. The zero-order valence-corrected chi connectivity index (χ0v) is 14.0. The third kappa shape index (κ3) is 2.60. The highest BCUT2D eigenvalue weighted by molar-refractivity contribution is 5.97. The number of nitrogens with zero attached hydrogens (tertiary/aromatic N) is 4. The van der Waals surface area contributed by atoms with Crippen molar-refractivity contribution >= 4 is 28.4 Å². The van der Waals surface area contributed by atoms with Gasteiger partial charge in [-0.1, -0.05) is 12.1 Å².